The number of benzene rings is 2. The van der Waals surface area contributed by atoms with Crippen LogP contribution in [0.4, 0.5) is 0 Å². The molecule has 0 aliphatic heterocycles. The van der Waals surface area contributed by atoms with Crippen molar-refractivity contribution in [2.75, 3.05) is 0 Å². The first-order chi connectivity index (χ1) is 13.0. The van der Waals surface area contributed by atoms with Crippen LogP contribution in [-0.2, 0) is 6.54 Å². The average Bonchev–Trinajstić information content (AvgIpc) is 3.24. The Morgan fingerprint density at radius 2 is 1.85 bits per heavy atom. The molecule has 0 amide bonds. The monoisotopic (exact) mass is 376 g/mol. The zero-order valence-electron chi connectivity index (χ0n) is 15.5. The van der Waals surface area contributed by atoms with Gasteiger partial charge in [0.05, 0.1) is 24.0 Å². The molecule has 0 unspecified atom stereocenters. The molecule has 0 bridgehead atoms. The average molecular weight is 376 g/mol. The van der Waals surface area contributed by atoms with Gasteiger partial charge in [-0.1, -0.05) is 42.0 Å². The number of hydrogen-bond acceptors (Lipinski definition) is 5. The van der Waals surface area contributed by atoms with Crippen molar-refractivity contribution >= 4 is 12.6 Å². The molecule has 4 rings (SSSR count). The first-order valence-electron chi connectivity index (χ1n) is 8.70. The Bertz CT molecular complexity index is 1110. The van der Waals surface area contributed by atoms with Gasteiger partial charge < -0.3 is 0 Å². The van der Waals surface area contributed by atoms with Crippen LogP contribution in [0.2, 0.25) is 0 Å². The molecule has 27 heavy (non-hydrogen) atoms. The normalized spacial score (nSPS) is 11.1. The summed E-state index contributed by atoms with van der Waals surface area (Å²) in [7, 11) is 0. The van der Waals surface area contributed by atoms with E-state index >= 15 is 0 Å². The molecular formula is C20H20N6S. The SMILES string of the molecule is Cc1cccc(Cn2nnc(-c3cnn(-c4cccc(C)c4C)c3S)n2)c1. The summed E-state index contributed by atoms with van der Waals surface area (Å²) in [5.41, 5.74) is 6.47. The number of aryl methyl sites for hydroxylation is 2. The number of aromatic nitrogens is 6. The number of rotatable bonds is 4. The second-order valence-electron chi connectivity index (χ2n) is 6.65. The van der Waals surface area contributed by atoms with Crippen molar-refractivity contribution in [3.05, 3.63) is 70.9 Å². The van der Waals surface area contributed by atoms with Gasteiger partial charge >= 0.3 is 0 Å². The van der Waals surface area contributed by atoms with Gasteiger partial charge in [0.15, 0.2) is 0 Å². The van der Waals surface area contributed by atoms with E-state index in [9.17, 15) is 0 Å². The van der Waals surface area contributed by atoms with Gasteiger partial charge in [0, 0.05) is 0 Å². The van der Waals surface area contributed by atoms with Crippen molar-refractivity contribution < 1.29 is 0 Å². The fourth-order valence-corrected chi connectivity index (χ4v) is 3.35. The van der Waals surface area contributed by atoms with Crippen LogP contribution >= 0.6 is 12.6 Å². The van der Waals surface area contributed by atoms with Crippen LogP contribution in [0.5, 0.6) is 0 Å². The molecule has 0 N–H and O–H groups in total. The lowest BCUT2D eigenvalue weighted by Gasteiger charge is -2.09. The Balaban J connectivity index is 1.65. The molecule has 136 valence electrons. The maximum absolute atomic E-state index is 4.67. The Kier molecular flexibility index (Phi) is 4.53. The molecule has 0 saturated heterocycles. The summed E-state index contributed by atoms with van der Waals surface area (Å²) in [4.78, 5) is 1.59. The summed E-state index contributed by atoms with van der Waals surface area (Å²) in [6, 6.07) is 14.4. The molecule has 6 nitrogen and oxygen atoms in total. The number of hydrogen-bond donors (Lipinski definition) is 1. The smallest absolute Gasteiger partial charge is 0.209 e. The Morgan fingerprint density at radius 3 is 2.67 bits per heavy atom. The summed E-state index contributed by atoms with van der Waals surface area (Å²) >= 11 is 4.67. The Morgan fingerprint density at radius 1 is 1.04 bits per heavy atom. The highest BCUT2D eigenvalue weighted by Gasteiger charge is 2.17. The summed E-state index contributed by atoms with van der Waals surface area (Å²) in [5, 5.41) is 18.1. The van der Waals surface area contributed by atoms with E-state index in [-0.39, 0.29) is 0 Å². The van der Waals surface area contributed by atoms with Gasteiger partial charge in [-0.05, 0) is 48.7 Å². The highest BCUT2D eigenvalue weighted by atomic mass is 32.1. The first-order valence-corrected chi connectivity index (χ1v) is 9.15. The van der Waals surface area contributed by atoms with Crippen molar-refractivity contribution in [3.8, 4) is 17.1 Å². The number of nitrogens with zero attached hydrogens (tertiary/aromatic N) is 6. The van der Waals surface area contributed by atoms with E-state index in [1.54, 1.807) is 11.0 Å². The van der Waals surface area contributed by atoms with Crippen LogP contribution in [0.15, 0.2) is 53.7 Å². The lowest BCUT2D eigenvalue weighted by molar-refractivity contribution is 0.572. The minimum Gasteiger partial charge on any atom is -0.226 e. The van der Waals surface area contributed by atoms with Crippen molar-refractivity contribution in [3.63, 3.8) is 0 Å². The van der Waals surface area contributed by atoms with Crippen LogP contribution in [0.1, 0.15) is 22.3 Å². The van der Waals surface area contributed by atoms with Gasteiger partial charge in [-0.2, -0.15) is 9.90 Å². The van der Waals surface area contributed by atoms with E-state index in [0.29, 0.717) is 17.4 Å². The molecule has 0 atom stereocenters. The van der Waals surface area contributed by atoms with Gasteiger partial charge in [-0.25, -0.2) is 4.68 Å². The second kappa shape index (κ2) is 7.00. The van der Waals surface area contributed by atoms with Crippen molar-refractivity contribution in [2.45, 2.75) is 32.3 Å². The summed E-state index contributed by atoms with van der Waals surface area (Å²) in [6.07, 6.45) is 1.73. The van der Waals surface area contributed by atoms with Crippen molar-refractivity contribution in [2.24, 2.45) is 0 Å². The van der Waals surface area contributed by atoms with E-state index in [1.807, 2.05) is 22.9 Å². The lowest BCUT2D eigenvalue weighted by Crippen LogP contribution is -2.04. The fraction of sp³-hybridized carbons (Fsp3) is 0.200. The molecule has 0 radical (unpaired) electrons. The van der Waals surface area contributed by atoms with E-state index in [2.05, 4.69) is 78.2 Å². The quantitative estimate of drug-likeness (QED) is 0.551. The Labute approximate surface area is 163 Å². The maximum Gasteiger partial charge on any atom is 0.209 e. The van der Waals surface area contributed by atoms with E-state index in [4.69, 9.17) is 0 Å². The lowest BCUT2D eigenvalue weighted by atomic mass is 10.1. The molecule has 0 saturated carbocycles. The van der Waals surface area contributed by atoms with Crippen LogP contribution in [0.3, 0.4) is 0 Å². The predicted molar refractivity (Wildman–Crippen MR) is 107 cm³/mol. The molecular weight excluding hydrogens is 356 g/mol. The summed E-state index contributed by atoms with van der Waals surface area (Å²) < 4.78 is 1.81. The zero-order chi connectivity index (χ0) is 19.0. The molecule has 2 aromatic heterocycles. The molecule has 4 aromatic rings. The van der Waals surface area contributed by atoms with Gasteiger partial charge in [0.2, 0.25) is 5.82 Å². The molecule has 0 fully saturated rings. The van der Waals surface area contributed by atoms with Gasteiger partial charge in [-0.3, -0.25) is 0 Å². The topological polar surface area (TPSA) is 61.4 Å². The largest absolute Gasteiger partial charge is 0.226 e. The minimum atomic E-state index is 0.518. The fourth-order valence-electron chi connectivity index (χ4n) is 3.03. The minimum absolute atomic E-state index is 0.518. The molecule has 2 aromatic carbocycles. The van der Waals surface area contributed by atoms with Crippen LogP contribution in [0.25, 0.3) is 17.1 Å². The third-order valence-corrected chi connectivity index (χ3v) is 5.08. The maximum atomic E-state index is 4.67. The van der Waals surface area contributed by atoms with Gasteiger partial charge in [0.1, 0.15) is 5.03 Å². The highest BCUT2D eigenvalue weighted by molar-refractivity contribution is 7.80. The molecule has 0 aliphatic rings. The Hall–Kier alpha value is -2.93. The van der Waals surface area contributed by atoms with Crippen LogP contribution < -0.4 is 0 Å². The van der Waals surface area contributed by atoms with Crippen LogP contribution in [-0.4, -0.2) is 30.0 Å². The summed E-state index contributed by atoms with van der Waals surface area (Å²) in [5.74, 6) is 0.518. The third kappa shape index (κ3) is 3.38. The standard InChI is InChI=1S/C20H20N6S/c1-13-6-4-8-16(10-13)12-25-23-19(22-24-25)17-11-21-26(20(17)27)18-9-5-7-14(2)15(18)3/h4-11,27H,12H2,1-3H3. The second-order valence-corrected chi connectivity index (χ2v) is 7.07. The number of thiol groups is 1. The van der Waals surface area contributed by atoms with E-state index in [1.165, 1.54) is 16.7 Å². The molecule has 0 aliphatic carbocycles. The molecule has 7 heteroatoms. The summed E-state index contributed by atoms with van der Waals surface area (Å²) in [6.45, 7) is 6.80. The van der Waals surface area contributed by atoms with Crippen molar-refractivity contribution in [1.82, 2.24) is 30.0 Å². The third-order valence-electron chi connectivity index (χ3n) is 4.65. The first kappa shape index (κ1) is 17.5. The van der Waals surface area contributed by atoms with Crippen molar-refractivity contribution in [1.29, 1.82) is 0 Å². The predicted octanol–water partition coefficient (Wildman–Crippen LogP) is 3.79. The zero-order valence-corrected chi connectivity index (χ0v) is 16.4. The van der Waals surface area contributed by atoms with Gasteiger partial charge in [-0.15, -0.1) is 22.8 Å². The molecule has 2 heterocycles. The molecule has 0 spiro atoms. The van der Waals surface area contributed by atoms with Crippen LogP contribution in [0, 0.1) is 20.8 Å². The highest BCUT2D eigenvalue weighted by Crippen LogP contribution is 2.27. The van der Waals surface area contributed by atoms with E-state index < -0.39 is 0 Å². The van der Waals surface area contributed by atoms with E-state index in [0.717, 1.165) is 16.8 Å². The van der Waals surface area contributed by atoms with Gasteiger partial charge in [0.25, 0.3) is 0 Å². The number of tetrazole rings is 1.